The number of amides is 1. The van der Waals surface area contributed by atoms with Gasteiger partial charge in [-0.05, 0) is 43.9 Å². The number of hydrogen-bond donors (Lipinski definition) is 1. The van der Waals surface area contributed by atoms with Crippen LogP contribution in [-0.4, -0.2) is 43.2 Å². The normalized spacial score (nSPS) is 15.5. The predicted octanol–water partition coefficient (Wildman–Crippen LogP) is 4.18. The van der Waals surface area contributed by atoms with Crippen molar-refractivity contribution >= 4 is 38.5 Å². The topological polar surface area (TPSA) is 75.9 Å². The highest BCUT2D eigenvalue weighted by molar-refractivity contribution is 7.20. The number of aryl methyl sites for hydroxylation is 1. The minimum Gasteiger partial charge on any atom is -0.338 e. The van der Waals surface area contributed by atoms with Gasteiger partial charge in [0.1, 0.15) is 4.83 Å². The third-order valence-electron chi connectivity index (χ3n) is 6.10. The van der Waals surface area contributed by atoms with Gasteiger partial charge in [0, 0.05) is 31.1 Å². The summed E-state index contributed by atoms with van der Waals surface area (Å²) in [6.07, 6.45) is 1.55. The first-order chi connectivity index (χ1) is 14.9. The largest absolute Gasteiger partial charge is 0.338 e. The average molecular weight is 438 g/mol. The molecule has 0 atom stereocenters. The number of imidazole rings is 1. The Balaban J connectivity index is 1.34. The van der Waals surface area contributed by atoms with Crippen LogP contribution in [0.15, 0.2) is 35.1 Å². The Morgan fingerprint density at radius 1 is 1.26 bits per heavy atom. The lowest BCUT2D eigenvalue weighted by molar-refractivity contribution is 0.0700. The zero-order chi connectivity index (χ0) is 21.7. The molecular weight excluding hydrogens is 410 g/mol. The first-order valence-corrected chi connectivity index (χ1v) is 11.7. The number of nitrogens with one attached hydrogen (secondary N) is 1. The molecule has 0 unspecified atom stereocenters. The van der Waals surface area contributed by atoms with E-state index in [9.17, 15) is 9.59 Å². The minimum absolute atomic E-state index is 0.0688. The molecule has 5 rings (SSSR count). The van der Waals surface area contributed by atoms with E-state index in [1.54, 1.807) is 11.3 Å². The first-order valence-electron chi connectivity index (χ1n) is 10.9. The van der Waals surface area contributed by atoms with Crippen LogP contribution in [0.1, 0.15) is 48.1 Å². The van der Waals surface area contributed by atoms with Gasteiger partial charge in [0.25, 0.3) is 5.91 Å². The summed E-state index contributed by atoms with van der Waals surface area (Å²) in [5.74, 6) is 0.581. The van der Waals surface area contributed by atoms with E-state index in [0.29, 0.717) is 19.0 Å². The Bertz CT molecular complexity index is 1320. The SMILES string of the molecule is Cc1nn(CC(C)C)c2sc(C(=O)N3CCC(n4c(=O)[nH]c5ccccc54)CC3)cc12. The molecule has 7 nitrogen and oxygen atoms in total. The standard InChI is InChI=1S/C23H27N5O2S/c1-14(2)13-27-22-17(15(3)25-27)12-20(31-22)21(29)26-10-8-16(9-11-26)28-19-7-5-4-6-18(19)24-23(28)30/h4-7,12,14,16H,8-11,13H2,1-3H3,(H,24,30). The van der Waals surface area contributed by atoms with Crippen LogP contribution in [0.2, 0.25) is 0 Å². The monoisotopic (exact) mass is 437 g/mol. The molecule has 1 aliphatic rings. The van der Waals surface area contributed by atoms with Crippen LogP contribution in [0.25, 0.3) is 21.3 Å². The number of carbonyl (C=O) groups is 1. The van der Waals surface area contributed by atoms with Gasteiger partial charge in [-0.2, -0.15) is 5.10 Å². The molecule has 0 aliphatic carbocycles. The van der Waals surface area contributed by atoms with E-state index in [1.807, 2.05) is 51.4 Å². The number of H-pyrrole nitrogens is 1. The number of aromatic amines is 1. The molecule has 31 heavy (non-hydrogen) atoms. The van der Waals surface area contributed by atoms with E-state index in [1.165, 1.54) is 0 Å². The van der Waals surface area contributed by atoms with Crippen molar-refractivity contribution in [2.24, 2.45) is 5.92 Å². The maximum Gasteiger partial charge on any atom is 0.326 e. The van der Waals surface area contributed by atoms with Crippen molar-refractivity contribution in [3.8, 4) is 0 Å². The van der Waals surface area contributed by atoms with Crippen molar-refractivity contribution in [3.05, 3.63) is 51.4 Å². The van der Waals surface area contributed by atoms with Gasteiger partial charge in [0.15, 0.2) is 0 Å². The molecule has 0 spiro atoms. The third-order valence-corrected chi connectivity index (χ3v) is 7.23. The second kappa shape index (κ2) is 7.67. The lowest BCUT2D eigenvalue weighted by atomic mass is 10.0. The van der Waals surface area contributed by atoms with E-state index in [4.69, 9.17) is 0 Å². The molecule has 8 heteroatoms. The van der Waals surface area contributed by atoms with Crippen molar-refractivity contribution in [2.75, 3.05) is 13.1 Å². The zero-order valence-corrected chi connectivity index (χ0v) is 18.9. The lowest BCUT2D eigenvalue weighted by Crippen LogP contribution is -2.40. The smallest absolute Gasteiger partial charge is 0.326 e. The summed E-state index contributed by atoms with van der Waals surface area (Å²) in [6, 6.07) is 9.89. The molecule has 1 N–H and O–H groups in total. The van der Waals surface area contributed by atoms with Crippen LogP contribution in [0.3, 0.4) is 0 Å². The highest BCUT2D eigenvalue weighted by atomic mass is 32.1. The maximum absolute atomic E-state index is 13.2. The summed E-state index contributed by atoms with van der Waals surface area (Å²) in [5.41, 5.74) is 2.71. The van der Waals surface area contributed by atoms with E-state index in [0.717, 1.165) is 51.2 Å². The molecule has 1 amide bonds. The second-order valence-electron chi connectivity index (χ2n) is 8.83. The maximum atomic E-state index is 13.2. The Morgan fingerprint density at radius 3 is 2.74 bits per heavy atom. The summed E-state index contributed by atoms with van der Waals surface area (Å²) < 4.78 is 3.90. The van der Waals surface area contributed by atoms with E-state index >= 15 is 0 Å². The van der Waals surface area contributed by atoms with Crippen LogP contribution in [0.4, 0.5) is 0 Å². The number of fused-ring (bicyclic) bond motifs is 2. The number of hydrogen-bond acceptors (Lipinski definition) is 4. The Morgan fingerprint density at radius 2 is 2.00 bits per heavy atom. The van der Waals surface area contributed by atoms with E-state index in [2.05, 4.69) is 23.9 Å². The number of rotatable bonds is 4. The van der Waals surface area contributed by atoms with Gasteiger partial charge >= 0.3 is 5.69 Å². The van der Waals surface area contributed by atoms with Gasteiger partial charge in [-0.1, -0.05) is 26.0 Å². The van der Waals surface area contributed by atoms with Crippen LogP contribution < -0.4 is 5.69 Å². The number of benzene rings is 1. The van der Waals surface area contributed by atoms with Gasteiger partial charge < -0.3 is 9.88 Å². The summed E-state index contributed by atoms with van der Waals surface area (Å²) in [5, 5.41) is 5.72. The van der Waals surface area contributed by atoms with Crippen LogP contribution in [-0.2, 0) is 6.54 Å². The van der Waals surface area contributed by atoms with Gasteiger partial charge in [-0.3, -0.25) is 14.0 Å². The van der Waals surface area contributed by atoms with Crippen molar-refractivity contribution in [3.63, 3.8) is 0 Å². The Kier molecular flexibility index (Phi) is 4.97. The number of aromatic nitrogens is 4. The number of nitrogens with zero attached hydrogens (tertiary/aromatic N) is 4. The molecule has 3 aromatic heterocycles. The molecular formula is C23H27N5O2S. The van der Waals surface area contributed by atoms with Crippen molar-refractivity contribution in [1.82, 2.24) is 24.2 Å². The molecule has 1 fully saturated rings. The van der Waals surface area contributed by atoms with Gasteiger partial charge in [-0.25, -0.2) is 4.79 Å². The molecule has 162 valence electrons. The summed E-state index contributed by atoms with van der Waals surface area (Å²) in [4.78, 5) is 32.4. The minimum atomic E-state index is -0.0688. The Hall–Kier alpha value is -2.87. The molecule has 0 saturated carbocycles. The predicted molar refractivity (Wildman–Crippen MR) is 124 cm³/mol. The van der Waals surface area contributed by atoms with E-state index in [-0.39, 0.29) is 17.6 Å². The number of para-hydroxylation sites is 2. The molecule has 0 radical (unpaired) electrons. The van der Waals surface area contributed by atoms with E-state index < -0.39 is 0 Å². The van der Waals surface area contributed by atoms with Gasteiger partial charge in [0.2, 0.25) is 0 Å². The van der Waals surface area contributed by atoms with Crippen molar-refractivity contribution in [2.45, 2.75) is 46.2 Å². The van der Waals surface area contributed by atoms with Gasteiger partial charge in [-0.15, -0.1) is 11.3 Å². The number of piperidine rings is 1. The molecule has 1 aromatic carbocycles. The quantitative estimate of drug-likeness (QED) is 0.520. The van der Waals surface area contributed by atoms with Crippen LogP contribution >= 0.6 is 11.3 Å². The van der Waals surface area contributed by atoms with Crippen LogP contribution in [0, 0.1) is 12.8 Å². The van der Waals surface area contributed by atoms with Crippen molar-refractivity contribution in [1.29, 1.82) is 0 Å². The second-order valence-corrected chi connectivity index (χ2v) is 9.86. The number of carbonyl (C=O) groups excluding carboxylic acids is 1. The fourth-order valence-electron chi connectivity index (χ4n) is 4.61. The zero-order valence-electron chi connectivity index (χ0n) is 18.1. The lowest BCUT2D eigenvalue weighted by Gasteiger charge is -2.32. The molecule has 1 saturated heterocycles. The fourth-order valence-corrected chi connectivity index (χ4v) is 5.75. The van der Waals surface area contributed by atoms with Crippen molar-refractivity contribution < 1.29 is 4.79 Å². The number of likely N-dealkylation sites (tertiary alicyclic amines) is 1. The fraction of sp³-hybridized carbons (Fsp3) is 0.435. The summed E-state index contributed by atoms with van der Waals surface area (Å²) >= 11 is 1.54. The highest BCUT2D eigenvalue weighted by Crippen LogP contribution is 2.31. The molecule has 4 aromatic rings. The molecule has 4 heterocycles. The summed E-state index contributed by atoms with van der Waals surface area (Å²) in [6.45, 7) is 8.51. The Labute approximate surface area is 184 Å². The van der Waals surface area contributed by atoms with Crippen LogP contribution in [0.5, 0.6) is 0 Å². The summed E-state index contributed by atoms with van der Waals surface area (Å²) in [7, 11) is 0. The molecule has 0 bridgehead atoms. The first kappa shape index (κ1) is 20.1. The highest BCUT2D eigenvalue weighted by Gasteiger charge is 2.28. The number of thiophene rings is 1. The third kappa shape index (κ3) is 3.48. The van der Waals surface area contributed by atoms with Gasteiger partial charge in [0.05, 0.1) is 21.6 Å². The molecule has 1 aliphatic heterocycles. The average Bonchev–Trinajstić information content (AvgIpc) is 3.40.